The first-order valence-corrected chi connectivity index (χ1v) is 10.6. The second-order valence-corrected chi connectivity index (χ2v) is 7.87. The number of benzene rings is 3. The minimum atomic E-state index is -0.598. The van der Waals surface area contributed by atoms with Gasteiger partial charge in [-0.2, -0.15) is 5.26 Å². The van der Waals surface area contributed by atoms with Gasteiger partial charge >= 0.3 is 0 Å². The van der Waals surface area contributed by atoms with Crippen LogP contribution in [0.4, 0.5) is 11.4 Å². The molecule has 0 aliphatic heterocycles. The molecule has 2 N–H and O–H groups in total. The molecule has 0 spiro atoms. The van der Waals surface area contributed by atoms with Gasteiger partial charge in [0, 0.05) is 31.0 Å². The molecule has 3 aromatic rings. The molecule has 0 aliphatic rings. The van der Waals surface area contributed by atoms with Crippen molar-refractivity contribution in [3.8, 4) is 6.07 Å². The quantitative estimate of drug-likeness (QED) is 0.395. The molecule has 7 nitrogen and oxygen atoms in total. The standard InChI is InChI=1S/C26H21ClN4O3/c1-31(2)26(34)18-10-12-20(13-11-18)29-24(32)19(16-28)14-17-6-5-7-21(15-17)30-25(33)22-8-3-4-9-23(22)27/h3-15H,1-2H3,(H,29,32)(H,30,33)/b19-14+. The second kappa shape index (κ2) is 10.9. The van der Waals surface area contributed by atoms with Gasteiger partial charge in [0.25, 0.3) is 17.7 Å². The summed E-state index contributed by atoms with van der Waals surface area (Å²) in [5.41, 5.74) is 2.17. The number of rotatable bonds is 6. The van der Waals surface area contributed by atoms with Crippen molar-refractivity contribution in [2.75, 3.05) is 24.7 Å². The molecule has 0 saturated heterocycles. The fraction of sp³-hybridized carbons (Fsp3) is 0.0769. The Hall–Kier alpha value is -4.41. The molecular formula is C26H21ClN4O3. The van der Waals surface area contributed by atoms with E-state index in [1.807, 2.05) is 6.07 Å². The van der Waals surface area contributed by atoms with Crippen LogP contribution in [0.25, 0.3) is 6.08 Å². The van der Waals surface area contributed by atoms with E-state index < -0.39 is 5.91 Å². The number of anilines is 2. The van der Waals surface area contributed by atoms with Crippen molar-refractivity contribution in [1.29, 1.82) is 5.26 Å². The van der Waals surface area contributed by atoms with Crippen molar-refractivity contribution in [1.82, 2.24) is 4.90 Å². The van der Waals surface area contributed by atoms with Crippen LogP contribution in [0.3, 0.4) is 0 Å². The van der Waals surface area contributed by atoms with Gasteiger partial charge in [0.15, 0.2) is 0 Å². The predicted molar refractivity (Wildman–Crippen MR) is 133 cm³/mol. The maximum Gasteiger partial charge on any atom is 0.266 e. The Balaban J connectivity index is 1.73. The molecule has 0 bridgehead atoms. The smallest absolute Gasteiger partial charge is 0.266 e. The first kappa shape index (κ1) is 24.2. The molecule has 170 valence electrons. The molecule has 0 fully saturated rings. The lowest BCUT2D eigenvalue weighted by molar-refractivity contribution is -0.112. The van der Waals surface area contributed by atoms with Crippen LogP contribution < -0.4 is 10.6 Å². The summed E-state index contributed by atoms with van der Waals surface area (Å²) in [6.45, 7) is 0. The van der Waals surface area contributed by atoms with Crippen LogP contribution in [0.5, 0.6) is 0 Å². The van der Waals surface area contributed by atoms with E-state index in [9.17, 15) is 19.6 Å². The van der Waals surface area contributed by atoms with E-state index in [2.05, 4.69) is 10.6 Å². The average Bonchev–Trinajstić information content (AvgIpc) is 2.83. The Morgan fingerprint density at radius 2 is 1.62 bits per heavy atom. The van der Waals surface area contributed by atoms with Crippen molar-refractivity contribution in [2.45, 2.75) is 0 Å². The van der Waals surface area contributed by atoms with Gasteiger partial charge in [-0.05, 0) is 60.2 Å². The van der Waals surface area contributed by atoms with Gasteiger partial charge in [0.05, 0.1) is 10.6 Å². The van der Waals surface area contributed by atoms with Crippen molar-refractivity contribution >= 4 is 46.8 Å². The van der Waals surface area contributed by atoms with Crippen LogP contribution in [-0.4, -0.2) is 36.7 Å². The molecular weight excluding hydrogens is 452 g/mol. The average molecular weight is 473 g/mol. The third-order valence-electron chi connectivity index (χ3n) is 4.73. The van der Waals surface area contributed by atoms with Crippen LogP contribution in [0.2, 0.25) is 5.02 Å². The second-order valence-electron chi connectivity index (χ2n) is 7.46. The molecule has 0 saturated carbocycles. The highest BCUT2D eigenvalue weighted by Gasteiger charge is 2.13. The lowest BCUT2D eigenvalue weighted by atomic mass is 10.1. The number of halogens is 1. The number of nitriles is 1. The summed E-state index contributed by atoms with van der Waals surface area (Å²) in [6.07, 6.45) is 1.42. The molecule has 0 aromatic heterocycles. The molecule has 0 aliphatic carbocycles. The van der Waals surface area contributed by atoms with Crippen molar-refractivity contribution in [3.05, 3.63) is 100 Å². The summed E-state index contributed by atoms with van der Waals surface area (Å²) in [5, 5.41) is 15.2. The SMILES string of the molecule is CN(C)C(=O)c1ccc(NC(=O)/C(C#N)=C/c2cccc(NC(=O)c3ccccc3Cl)c2)cc1. The lowest BCUT2D eigenvalue weighted by Gasteiger charge is -2.11. The van der Waals surface area contributed by atoms with E-state index in [4.69, 9.17) is 11.6 Å². The molecule has 0 heterocycles. The Morgan fingerprint density at radius 3 is 2.26 bits per heavy atom. The van der Waals surface area contributed by atoms with Crippen LogP contribution in [0, 0.1) is 11.3 Å². The molecule has 0 unspecified atom stereocenters. The third-order valence-corrected chi connectivity index (χ3v) is 5.06. The summed E-state index contributed by atoms with van der Waals surface area (Å²) in [5.74, 6) is -1.13. The Kier molecular flexibility index (Phi) is 7.80. The summed E-state index contributed by atoms with van der Waals surface area (Å²) in [6, 6.07) is 21.7. The van der Waals surface area contributed by atoms with E-state index in [1.54, 1.807) is 86.9 Å². The number of nitrogens with zero attached hydrogens (tertiary/aromatic N) is 2. The van der Waals surface area contributed by atoms with E-state index in [-0.39, 0.29) is 17.4 Å². The number of amides is 3. The minimum absolute atomic E-state index is 0.122. The van der Waals surface area contributed by atoms with Gasteiger partial charge in [0.2, 0.25) is 0 Å². The predicted octanol–water partition coefficient (Wildman–Crippen LogP) is 4.84. The number of hydrogen-bond donors (Lipinski definition) is 2. The van der Waals surface area contributed by atoms with Crippen LogP contribution in [-0.2, 0) is 4.79 Å². The summed E-state index contributed by atoms with van der Waals surface area (Å²) in [4.78, 5) is 38.5. The zero-order valence-electron chi connectivity index (χ0n) is 18.5. The molecule has 0 radical (unpaired) electrons. The minimum Gasteiger partial charge on any atom is -0.345 e. The number of nitrogens with one attached hydrogen (secondary N) is 2. The van der Waals surface area contributed by atoms with Crippen molar-refractivity contribution in [3.63, 3.8) is 0 Å². The molecule has 3 rings (SSSR count). The van der Waals surface area contributed by atoms with Gasteiger partial charge in [-0.25, -0.2) is 0 Å². The van der Waals surface area contributed by atoms with Crippen LogP contribution in [0.1, 0.15) is 26.3 Å². The largest absolute Gasteiger partial charge is 0.345 e. The highest BCUT2D eigenvalue weighted by atomic mass is 35.5. The van der Waals surface area contributed by atoms with E-state index in [1.165, 1.54) is 11.0 Å². The van der Waals surface area contributed by atoms with Gasteiger partial charge in [-0.1, -0.05) is 35.9 Å². The first-order chi connectivity index (χ1) is 16.3. The summed E-state index contributed by atoms with van der Waals surface area (Å²) in [7, 11) is 3.30. The Labute approximate surface area is 202 Å². The van der Waals surface area contributed by atoms with E-state index in [0.717, 1.165) is 0 Å². The molecule has 0 atom stereocenters. The number of carbonyl (C=O) groups is 3. The van der Waals surface area contributed by atoms with Gasteiger partial charge in [-0.3, -0.25) is 14.4 Å². The maximum atomic E-state index is 12.6. The van der Waals surface area contributed by atoms with Crippen molar-refractivity contribution in [2.24, 2.45) is 0 Å². The zero-order valence-corrected chi connectivity index (χ0v) is 19.3. The normalized spacial score (nSPS) is 10.7. The molecule has 3 amide bonds. The molecule has 3 aromatic carbocycles. The first-order valence-electron chi connectivity index (χ1n) is 10.2. The lowest BCUT2D eigenvalue weighted by Crippen LogP contribution is -2.21. The fourth-order valence-electron chi connectivity index (χ4n) is 3.02. The zero-order chi connectivity index (χ0) is 24.7. The Morgan fingerprint density at radius 1 is 0.912 bits per heavy atom. The van der Waals surface area contributed by atoms with Gasteiger partial charge in [0.1, 0.15) is 11.6 Å². The molecule has 34 heavy (non-hydrogen) atoms. The van der Waals surface area contributed by atoms with Gasteiger partial charge in [-0.15, -0.1) is 0 Å². The summed E-state index contributed by atoms with van der Waals surface area (Å²) < 4.78 is 0. The maximum absolute atomic E-state index is 12.6. The Bertz CT molecular complexity index is 1310. The fourth-order valence-corrected chi connectivity index (χ4v) is 3.24. The number of hydrogen-bond acceptors (Lipinski definition) is 4. The molecule has 8 heteroatoms. The monoisotopic (exact) mass is 472 g/mol. The van der Waals surface area contributed by atoms with Crippen LogP contribution >= 0.6 is 11.6 Å². The highest BCUT2D eigenvalue weighted by Crippen LogP contribution is 2.19. The van der Waals surface area contributed by atoms with Crippen molar-refractivity contribution < 1.29 is 14.4 Å². The highest BCUT2D eigenvalue weighted by molar-refractivity contribution is 6.34. The van der Waals surface area contributed by atoms with E-state index >= 15 is 0 Å². The third kappa shape index (κ3) is 6.09. The topological polar surface area (TPSA) is 102 Å². The van der Waals surface area contributed by atoms with Crippen LogP contribution in [0.15, 0.2) is 78.4 Å². The van der Waals surface area contributed by atoms with Gasteiger partial charge < -0.3 is 15.5 Å². The number of carbonyl (C=O) groups excluding carboxylic acids is 3. The van der Waals surface area contributed by atoms with E-state index in [0.29, 0.717) is 33.1 Å². The summed E-state index contributed by atoms with van der Waals surface area (Å²) >= 11 is 6.07.